The fraction of sp³-hybridized carbons (Fsp3) is 0.375. The van der Waals surface area contributed by atoms with Crippen molar-refractivity contribution >= 4 is 0 Å². The van der Waals surface area contributed by atoms with Crippen LogP contribution in [0.5, 0.6) is 5.75 Å². The first-order valence-corrected chi connectivity index (χ1v) is 6.83. The highest BCUT2D eigenvalue weighted by atomic mass is 16.5. The second-order valence-corrected chi connectivity index (χ2v) is 4.83. The molecule has 0 saturated heterocycles. The summed E-state index contributed by atoms with van der Waals surface area (Å²) in [7, 11) is 5.40. The Morgan fingerprint density at radius 1 is 1.14 bits per heavy atom. The van der Waals surface area contributed by atoms with Crippen LogP contribution in [0.4, 0.5) is 0 Å². The number of aromatic nitrogens is 2. The van der Waals surface area contributed by atoms with Crippen LogP contribution in [0.25, 0.3) is 0 Å². The van der Waals surface area contributed by atoms with E-state index in [0.717, 1.165) is 17.1 Å². The molecule has 21 heavy (non-hydrogen) atoms. The molecule has 2 aromatic rings. The molecule has 1 unspecified atom stereocenters. The maximum Gasteiger partial charge on any atom is 0.122 e. The van der Waals surface area contributed by atoms with E-state index in [-0.39, 0.29) is 6.04 Å². The van der Waals surface area contributed by atoms with Crippen molar-refractivity contribution in [2.45, 2.75) is 12.6 Å². The summed E-state index contributed by atoms with van der Waals surface area (Å²) < 4.78 is 10.6. The molecule has 0 fully saturated rings. The molecule has 0 N–H and O–H groups in total. The van der Waals surface area contributed by atoms with E-state index in [2.05, 4.69) is 14.9 Å². The molecule has 0 amide bonds. The van der Waals surface area contributed by atoms with Crippen LogP contribution >= 0.6 is 0 Å². The Kier molecular flexibility index (Phi) is 5.66. The highest BCUT2D eigenvalue weighted by Crippen LogP contribution is 2.20. The summed E-state index contributed by atoms with van der Waals surface area (Å²) in [5, 5.41) is 0. The van der Waals surface area contributed by atoms with Gasteiger partial charge in [-0.25, -0.2) is 0 Å². The lowest BCUT2D eigenvalue weighted by Gasteiger charge is -2.26. The lowest BCUT2D eigenvalue weighted by Crippen LogP contribution is -2.28. The predicted molar refractivity (Wildman–Crippen MR) is 81.1 cm³/mol. The van der Waals surface area contributed by atoms with Gasteiger partial charge in [-0.2, -0.15) is 0 Å². The van der Waals surface area contributed by atoms with Crippen molar-refractivity contribution in [3.63, 3.8) is 0 Å². The molecule has 2 aromatic heterocycles. The minimum atomic E-state index is 0.0872. The highest BCUT2D eigenvalue weighted by molar-refractivity contribution is 5.22. The van der Waals surface area contributed by atoms with Crippen LogP contribution in [0.2, 0.25) is 0 Å². The average Bonchev–Trinajstić information content (AvgIpc) is 2.53. The van der Waals surface area contributed by atoms with E-state index in [9.17, 15) is 0 Å². The first kappa shape index (κ1) is 15.4. The predicted octanol–water partition coefficient (Wildman–Crippen LogP) is 2.30. The van der Waals surface area contributed by atoms with Gasteiger partial charge in [0.2, 0.25) is 0 Å². The number of rotatable bonds is 7. The van der Waals surface area contributed by atoms with Gasteiger partial charge in [0.25, 0.3) is 0 Å². The van der Waals surface area contributed by atoms with Gasteiger partial charge in [-0.15, -0.1) is 0 Å². The van der Waals surface area contributed by atoms with E-state index in [4.69, 9.17) is 9.47 Å². The first-order valence-electron chi connectivity index (χ1n) is 6.83. The van der Waals surface area contributed by atoms with E-state index in [1.807, 2.05) is 37.4 Å². The maximum absolute atomic E-state index is 5.34. The average molecular weight is 287 g/mol. The normalized spacial score (nSPS) is 12.4. The van der Waals surface area contributed by atoms with Crippen molar-refractivity contribution in [2.75, 3.05) is 27.9 Å². The summed E-state index contributed by atoms with van der Waals surface area (Å²) in [5.41, 5.74) is 1.94. The first-order chi connectivity index (χ1) is 10.2. The molecule has 0 aliphatic rings. The van der Waals surface area contributed by atoms with Gasteiger partial charge < -0.3 is 9.47 Å². The molecule has 2 heterocycles. The maximum atomic E-state index is 5.34. The molecule has 0 aromatic carbocycles. The Morgan fingerprint density at radius 3 is 2.67 bits per heavy atom. The van der Waals surface area contributed by atoms with Gasteiger partial charge in [0, 0.05) is 32.1 Å². The minimum absolute atomic E-state index is 0.0872. The van der Waals surface area contributed by atoms with Gasteiger partial charge in [-0.05, 0) is 25.2 Å². The van der Waals surface area contributed by atoms with Crippen molar-refractivity contribution in [2.24, 2.45) is 0 Å². The van der Waals surface area contributed by atoms with Crippen molar-refractivity contribution in [1.82, 2.24) is 14.9 Å². The van der Waals surface area contributed by atoms with E-state index in [1.54, 1.807) is 26.6 Å². The second kappa shape index (κ2) is 7.71. The van der Waals surface area contributed by atoms with E-state index >= 15 is 0 Å². The lowest BCUT2D eigenvalue weighted by molar-refractivity contribution is 0.0992. The van der Waals surface area contributed by atoms with Gasteiger partial charge in [-0.3, -0.25) is 14.9 Å². The van der Waals surface area contributed by atoms with E-state index in [1.165, 1.54) is 0 Å². The van der Waals surface area contributed by atoms with Gasteiger partial charge in [0.05, 0.1) is 31.1 Å². The molecule has 0 spiro atoms. The minimum Gasteiger partial charge on any atom is -0.497 e. The molecular weight excluding hydrogens is 266 g/mol. The number of hydrogen-bond donors (Lipinski definition) is 0. The van der Waals surface area contributed by atoms with Crippen molar-refractivity contribution in [1.29, 1.82) is 0 Å². The van der Waals surface area contributed by atoms with Gasteiger partial charge in [0.15, 0.2) is 0 Å². The summed E-state index contributed by atoms with van der Waals surface area (Å²) in [6.07, 6.45) is 3.56. The zero-order valence-corrected chi connectivity index (χ0v) is 12.7. The molecule has 5 nitrogen and oxygen atoms in total. The summed E-state index contributed by atoms with van der Waals surface area (Å²) in [5.74, 6) is 0.814. The van der Waals surface area contributed by atoms with Crippen molar-refractivity contribution in [3.8, 4) is 5.75 Å². The fourth-order valence-corrected chi connectivity index (χ4v) is 2.20. The van der Waals surface area contributed by atoms with E-state index in [0.29, 0.717) is 13.2 Å². The third-order valence-electron chi connectivity index (χ3n) is 3.32. The van der Waals surface area contributed by atoms with Crippen LogP contribution in [0.1, 0.15) is 17.4 Å². The smallest absolute Gasteiger partial charge is 0.122 e. The Labute approximate surface area is 125 Å². The van der Waals surface area contributed by atoms with Crippen LogP contribution in [0.15, 0.2) is 42.7 Å². The summed E-state index contributed by atoms with van der Waals surface area (Å²) in [4.78, 5) is 11.0. The molecule has 0 aliphatic carbocycles. The number of pyridine rings is 2. The van der Waals surface area contributed by atoms with Crippen molar-refractivity contribution < 1.29 is 9.47 Å². The second-order valence-electron chi connectivity index (χ2n) is 4.83. The molecule has 0 radical (unpaired) electrons. The van der Waals surface area contributed by atoms with Crippen LogP contribution in [0.3, 0.4) is 0 Å². The zero-order chi connectivity index (χ0) is 15.1. The van der Waals surface area contributed by atoms with Crippen LogP contribution in [-0.2, 0) is 11.3 Å². The lowest BCUT2D eigenvalue weighted by atomic mass is 10.1. The Bertz CT molecular complexity index is 548. The largest absolute Gasteiger partial charge is 0.497 e. The van der Waals surface area contributed by atoms with Crippen LogP contribution in [-0.4, -0.2) is 42.7 Å². The number of likely N-dealkylation sites (N-methyl/N-ethyl adjacent to an activating group) is 1. The Hall–Kier alpha value is -1.98. The Morgan fingerprint density at radius 2 is 2.00 bits per heavy atom. The third-order valence-corrected chi connectivity index (χ3v) is 3.32. The van der Waals surface area contributed by atoms with Crippen LogP contribution in [0, 0.1) is 0 Å². The molecule has 0 saturated carbocycles. The molecule has 0 bridgehead atoms. The molecule has 0 aliphatic heterocycles. The van der Waals surface area contributed by atoms with E-state index < -0.39 is 0 Å². The topological polar surface area (TPSA) is 47.5 Å². The summed E-state index contributed by atoms with van der Waals surface area (Å²) in [6, 6.07) is 9.79. The van der Waals surface area contributed by atoms with Gasteiger partial charge in [0.1, 0.15) is 5.75 Å². The molecule has 1 atom stereocenters. The molecular formula is C16H21N3O2. The van der Waals surface area contributed by atoms with Crippen LogP contribution < -0.4 is 4.74 Å². The van der Waals surface area contributed by atoms with Gasteiger partial charge in [-0.1, -0.05) is 6.07 Å². The van der Waals surface area contributed by atoms with Crippen molar-refractivity contribution in [3.05, 3.63) is 54.1 Å². The molecule has 5 heteroatoms. The summed E-state index contributed by atoms with van der Waals surface area (Å²) in [6.45, 7) is 1.28. The SMILES string of the molecule is COCC(c1ccccn1)N(C)Cc1cc(OC)ccn1. The van der Waals surface area contributed by atoms with Gasteiger partial charge >= 0.3 is 0 Å². The monoisotopic (exact) mass is 287 g/mol. The standard InChI is InChI=1S/C16H21N3O2/c1-19(11-13-10-14(21-3)7-9-17-13)16(12-20-2)15-6-4-5-8-18-15/h4-10,16H,11-12H2,1-3H3. The quantitative estimate of drug-likeness (QED) is 0.782. The molecule has 112 valence electrons. The molecule has 2 rings (SSSR count). The number of hydrogen-bond acceptors (Lipinski definition) is 5. The third kappa shape index (κ3) is 4.24. The highest BCUT2D eigenvalue weighted by Gasteiger charge is 2.18. The zero-order valence-electron chi connectivity index (χ0n) is 12.7. The number of methoxy groups -OCH3 is 2. The fourth-order valence-electron chi connectivity index (χ4n) is 2.20. The Balaban J connectivity index is 2.13. The number of ether oxygens (including phenoxy) is 2. The number of nitrogens with zero attached hydrogens (tertiary/aromatic N) is 3. The summed E-state index contributed by atoms with van der Waals surface area (Å²) >= 11 is 0.